The topological polar surface area (TPSA) is 66.9 Å². The molecule has 2 N–H and O–H groups in total. The number of carbonyl (C=O) groups excluding carboxylic acids is 1. The van der Waals surface area contributed by atoms with Gasteiger partial charge in [-0.1, -0.05) is 0 Å². The van der Waals surface area contributed by atoms with Crippen molar-refractivity contribution in [2.24, 2.45) is 0 Å². The van der Waals surface area contributed by atoms with Gasteiger partial charge in [-0.25, -0.2) is 9.97 Å². The molecular weight excluding hydrogens is 228 g/mol. The van der Waals surface area contributed by atoms with E-state index in [-0.39, 0.29) is 5.91 Å². The fraction of sp³-hybridized carbons (Fsp3) is 0.154. The molecule has 0 unspecified atom stereocenters. The Balaban J connectivity index is 2.16. The van der Waals surface area contributed by atoms with Crippen molar-refractivity contribution in [3.05, 3.63) is 42.4 Å². The van der Waals surface area contributed by atoms with Crippen LogP contribution in [0.2, 0.25) is 0 Å². The number of nitrogens with zero attached hydrogens (tertiary/aromatic N) is 2. The Bertz CT molecular complexity index is 554. The molecule has 0 atom stereocenters. The van der Waals surface area contributed by atoms with E-state index in [1.165, 1.54) is 13.3 Å². The molecule has 2 rings (SSSR count). The first-order chi connectivity index (χ1) is 8.65. The molecule has 5 nitrogen and oxygen atoms in total. The zero-order valence-corrected chi connectivity index (χ0v) is 10.3. The number of amides is 1. The van der Waals surface area contributed by atoms with Crippen LogP contribution in [-0.2, 0) is 4.79 Å². The smallest absolute Gasteiger partial charge is 0.221 e. The largest absolute Gasteiger partial charge is 0.340 e. The van der Waals surface area contributed by atoms with Crippen LogP contribution in [0.5, 0.6) is 0 Å². The third-order valence-electron chi connectivity index (χ3n) is 2.39. The lowest BCUT2D eigenvalue weighted by molar-refractivity contribution is -0.114. The van der Waals surface area contributed by atoms with E-state index in [1.54, 1.807) is 12.3 Å². The summed E-state index contributed by atoms with van der Waals surface area (Å²) in [6, 6.07) is 7.49. The number of rotatable bonds is 3. The summed E-state index contributed by atoms with van der Waals surface area (Å²) < 4.78 is 0. The molecule has 1 aromatic heterocycles. The van der Waals surface area contributed by atoms with Crippen LogP contribution in [0.25, 0.3) is 0 Å². The molecule has 2 aromatic rings. The lowest BCUT2D eigenvalue weighted by atomic mass is 10.1. The summed E-state index contributed by atoms with van der Waals surface area (Å²) in [5.41, 5.74) is 2.72. The highest BCUT2D eigenvalue weighted by atomic mass is 16.1. The van der Waals surface area contributed by atoms with E-state index in [4.69, 9.17) is 0 Å². The number of carbonyl (C=O) groups is 1. The van der Waals surface area contributed by atoms with Crippen LogP contribution in [0.15, 0.2) is 36.8 Å². The van der Waals surface area contributed by atoms with Gasteiger partial charge in [0, 0.05) is 24.5 Å². The van der Waals surface area contributed by atoms with Crippen molar-refractivity contribution in [1.29, 1.82) is 0 Å². The van der Waals surface area contributed by atoms with Crippen LogP contribution in [0.4, 0.5) is 17.2 Å². The van der Waals surface area contributed by atoms with Crippen LogP contribution in [0, 0.1) is 6.92 Å². The molecule has 1 heterocycles. The van der Waals surface area contributed by atoms with Gasteiger partial charge in [0.05, 0.1) is 0 Å². The first-order valence-electron chi connectivity index (χ1n) is 5.56. The zero-order chi connectivity index (χ0) is 13.0. The summed E-state index contributed by atoms with van der Waals surface area (Å²) in [7, 11) is 0. The molecular formula is C13H14N4O. The van der Waals surface area contributed by atoms with Gasteiger partial charge in [-0.15, -0.1) is 0 Å². The first kappa shape index (κ1) is 12.0. The Morgan fingerprint density at radius 1 is 1.28 bits per heavy atom. The predicted octanol–water partition coefficient (Wildman–Crippen LogP) is 2.49. The fourth-order valence-electron chi connectivity index (χ4n) is 1.58. The molecule has 0 aliphatic rings. The van der Waals surface area contributed by atoms with Gasteiger partial charge >= 0.3 is 0 Å². The molecule has 1 aromatic carbocycles. The van der Waals surface area contributed by atoms with Crippen molar-refractivity contribution < 1.29 is 4.79 Å². The number of benzene rings is 1. The molecule has 0 aliphatic carbocycles. The van der Waals surface area contributed by atoms with Gasteiger partial charge < -0.3 is 10.6 Å². The Morgan fingerprint density at radius 3 is 2.72 bits per heavy atom. The maximum Gasteiger partial charge on any atom is 0.221 e. The minimum Gasteiger partial charge on any atom is -0.340 e. The molecule has 0 bridgehead atoms. The molecule has 0 radical (unpaired) electrons. The number of anilines is 3. The molecule has 18 heavy (non-hydrogen) atoms. The zero-order valence-electron chi connectivity index (χ0n) is 10.3. The number of hydrogen-bond donors (Lipinski definition) is 2. The molecule has 92 valence electrons. The minimum atomic E-state index is -0.0744. The summed E-state index contributed by atoms with van der Waals surface area (Å²) >= 11 is 0. The summed E-state index contributed by atoms with van der Waals surface area (Å²) in [5.74, 6) is 0.659. The van der Waals surface area contributed by atoms with Crippen molar-refractivity contribution >= 4 is 23.1 Å². The molecule has 0 fully saturated rings. The average molecular weight is 242 g/mol. The van der Waals surface area contributed by atoms with Crippen LogP contribution < -0.4 is 10.6 Å². The van der Waals surface area contributed by atoms with E-state index >= 15 is 0 Å². The van der Waals surface area contributed by atoms with Gasteiger partial charge in [-0.05, 0) is 36.8 Å². The maximum absolute atomic E-state index is 11.0. The maximum atomic E-state index is 11.0. The van der Waals surface area contributed by atoms with E-state index in [0.717, 1.165) is 22.8 Å². The number of aryl methyl sites for hydroxylation is 1. The van der Waals surface area contributed by atoms with Gasteiger partial charge in [-0.2, -0.15) is 0 Å². The highest BCUT2D eigenvalue weighted by Crippen LogP contribution is 2.21. The number of hydrogen-bond acceptors (Lipinski definition) is 4. The second kappa shape index (κ2) is 5.27. The number of nitrogens with one attached hydrogen (secondary N) is 2. The van der Waals surface area contributed by atoms with E-state index in [2.05, 4.69) is 20.6 Å². The van der Waals surface area contributed by atoms with Crippen molar-refractivity contribution in [1.82, 2.24) is 9.97 Å². The Kier molecular flexibility index (Phi) is 3.52. The predicted molar refractivity (Wildman–Crippen MR) is 70.8 cm³/mol. The minimum absolute atomic E-state index is 0.0744. The second-order valence-corrected chi connectivity index (χ2v) is 3.93. The van der Waals surface area contributed by atoms with Crippen molar-refractivity contribution in [3.63, 3.8) is 0 Å². The standard InChI is InChI=1S/C13H14N4O/c1-9-7-11(3-4-12(9)16-10(2)18)17-13-5-6-14-8-15-13/h3-8H,1-2H3,(H,16,18)(H,14,15,17). The molecule has 0 saturated carbocycles. The fourth-order valence-corrected chi connectivity index (χ4v) is 1.58. The summed E-state index contributed by atoms with van der Waals surface area (Å²) in [5, 5.41) is 5.93. The Labute approximate surface area is 105 Å². The normalized spacial score (nSPS) is 9.89. The summed E-state index contributed by atoms with van der Waals surface area (Å²) in [6.45, 7) is 3.43. The number of aromatic nitrogens is 2. The quantitative estimate of drug-likeness (QED) is 0.867. The third kappa shape index (κ3) is 3.04. The summed E-state index contributed by atoms with van der Waals surface area (Å²) in [6.07, 6.45) is 3.16. The lowest BCUT2D eigenvalue weighted by Crippen LogP contribution is -2.07. The molecule has 0 saturated heterocycles. The Morgan fingerprint density at radius 2 is 2.11 bits per heavy atom. The van der Waals surface area contributed by atoms with Gasteiger partial charge in [0.25, 0.3) is 0 Å². The summed E-state index contributed by atoms with van der Waals surface area (Å²) in [4.78, 5) is 18.9. The van der Waals surface area contributed by atoms with E-state index < -0.39 is 0 Å². The van der Waals surface area contributed by atoms with E-state index in [0.29, 0.717) is 0 Å². The average Bonchev–Trinajstić information content (AvgIpc) is 2.33. The first-order valence-corrected chi connectivity index (χ1v) is 5.56. The van der Waals surface area contributed by atoms with Crippen LogP contribution in [0.3, 0.4) is 0 Å². The van der Waals surface area contributed by atoms with Crippen molar-refractivity contribution in [3.8, 4) is 0 Å². The van der Waals surface area contributed by atoms with E-state index in [1.807, 2.05) is 25.1 Å². The van der Waals surface area contributed by atoms with Gasteiger partial charge in [0.15, 0.2) is 0 Å². The van der Waals surface area contributed by atoms with E-state index in [9.17, 15) is 4.79 Å². The van der Waals surface area contributed by atoms with Gasteiger partial charge in [0.2, 0.25) is 5.91 Å². The van der Waals surface area contributed by atoms with Crippen molar-refractivity contribution in [2.45, 2.75) is 13.8 Å². The molecule has 5 heteroatoms. The monoisotopic (exact) mass is 242 g/mol. The SMILES string of the molecule is CC(=O)Nc1ccc(Nc2ccncn2)cc1C. The highest BCUT2D eigenvalue weighted by molar-refractivity contribution is 5.89. The van der Waals surface area contributed by atoms with Gasteiger partial charge in [-0.3, -0.25) is 4.79 Å². The third-order valence-corrected chi connectivity index (χ3v) is 2.39. The highest BCUT2D eigenvalue weighted by Gasteiger charge is 2.02. The second-order valence-electron chi connectivity index (χ2n) is 3.93. The van der Waals surface area contributed by atoms with Crippen molar-refractivity contribution in [2.75, 3.05) is 10.6 Å². The Hall–Kier alpha value is -2.43. The molecule has 1 amide bonds. The van der Waals surface area contributed by atoms with Crippen LogP contribution >= 0.6 is 0 Å². The van der Waals surface area contributed by atoms with Crippen LogP contribution in [-0.4, -0.2) is 15.9 Å². The molecule has 0 aliphatic heterocycles. The van der Waals surface area contributed by atoms with Crippen LogP contribution in [0.1, 0.15) is 12.5 Å². The van der Waals surface area contributed by atoms with Gasteiger partial charge in [0.1, 0.15) is 12.1 Å². The lowest BCUT2D eigenvalue weighted by Gasteiger charge is -2.10. The molecule has 0 spiro atoms.